The molecule has 0 bridgehead atoms. The van der Waals surface area contributed by atoms with Gasteiger partial charge in [0.2, 0.25) is 0 Å². The molecule has 7 nitrogen and oxygen atoms in total. The third-order valence-electron chi connectivity index (χ3n) is 2.55. The van der Waals surface area contributed by atoms with Crippen LogP contribution in [0.15, 0.2) is 12.7 Å². The van der Waals surface area contributed by atoms with Gasteiger partial charge >= 0.3 is 0 Å². The van der Waals surface area contributed by atoms with Crippen molar-refractivity contribution in [1.82, 2.24) is 19.5 Å². The maximum atomic E-state index is 5.71. The van der Waals surface area contributed by atoms with E-state index in [2.05, 4.69) is 15.0 Å². The van der Waals surface area contributed by atoms with E-state index in [1.807, 2.05) is 4.57 Å². The summed E-state index contributed by atoms with van der Waals surface area (Å²) in [5, 5.41) is 0. The van der Waals surface area contributed by atoms with E-state index in [0.29, 0.717) is 31.2 Å². The van der Waals surface area contributed by atoms with Gasteiger partial charge in [0.05, 0.1) is 19.5 Å². The number of hydrogen-bond acceptors (Lipinski definition) is 6. The molecule has 0 aliphatic carbocycles. The quantitative estimate of drug-likeness (QED) is 0.719. The predicted octanol–water partition coefficient (Wildman–Crippen LogP) is 0.462. The van der Waals surface area contributed by atoms with E-state index in [-0.39, 0.29) is 0 Å². The fourth-order valence-electron chi connectivity index (χ4n) is 1.64. The number of ether oxygens (including phenoxy) is 2. The van der Waals surface area contributed by atoms with Gasteiger partial charge in [-0.3, -0.25) is 0 Å². The first-order chi connectivity index (χ1) is 8.83. The standard InChI is InChI=1S/C11H17N5O2/c1-17-5-6-18-4-2-3-16-8-15-9-10(12)13-7-14-11(9)16/h7-8H,2-6H2,1H3,(H2,12,13,14). The summed E-state index contributed by atoms with van der Waals surface area (Å²) in [6.07, 6.45) is 4.06. The van der Waals surface area contributed by atoms with E-state index < -0.39 is 0 Å². The smallest absolute Gasteiger partial charge is 0.165 e. The van der Waals surface area contributed by atoms with Gasteiger partial charge in [-0.2, -0.15) is 0 Å². The number of nitrogens with zero attached hydrogens (tertiary/aromatic N) is 4. The van der Waals surface area contributed by atoms with Crippen LogP contribution in [-0.2, 0) is 16.0 Å². The SMILES string of the molecule is COCCOCCCn1cnc2c(N)ncnc21. The molecular formula is C11H17N5O2. The summed E-state index contributed by atoms with van der Waals surface area (Å²) in [6.45, 7) is 2.72. The Balaban J connectivity index is 1.86. The van der Waals surface area contributed by atoms with Crippen molar-refractivity contribution in [3.63, 3.8) is 0 Å². The van der Waals surface area contributed by atoms with E-state index in [1.165, 1.54) is 6.33 Å². The third-order valence-corrected chi connectivity index (χ3v) is 2.55. The van der Waals surface area contributed by atoms with Gasteiger partial charge in [0.1, 0.15) is 11.8 Å². The average molecular weight is 251 g/mol. The molecule has 0 spiro atoms. The van der Waals surface area contributed by atoms with Crippen molar-refractivity contribution in [2.45, 2.75) is 13.0 Å². The molecule has 0 aliphatic rings. The maximum absolute atomic E-state index is 5.71. The summed E-state index contributed by atoms with van der Waals surface area (Å²) in [4.78, 5) is 12.3. The zero-order valence-corrected chi connectivity index (χ0v) is 10.4. The highest BCUT2D eigenvalue weighted by Crippen LogP contribution is 2.14. The number of aryl methyl sites for hydroxylation is 1. The Kier molecular flexibility index (Phi) is 4.43. The number of hydrogen-bond donors (Lipinski definition) is 1. The lowest BCUT2D eigenvalue weighted by Gasteiger charge is -2.05. The molecule has 2 N–H and O–H groups in total. The van der Waals surface area contributed by atoms with Crippen LogP contribution in [0.25, 0.3) is 11.2 Å². The van der Waals surface area contributed by atoms with Crippen LogP contribution in [0.1, 0.15) is 6.42 Å². The summed E-state index contributed by atoms with van der Waals surface area (Å²) >= 11 is 0. The Hall–Kier alpha value is -1.73. The van der Waals surface area contributed by atoms with Gasteiger partial charge < -0.3 is 19.8 Å². The van der Waals surface area contributed by atoms with Crippen molar-refractivity contribution >= 4 is 17.0 Å². The van der Waals surface area contributed by atoms with Crippen LogP contribution in [0.3, 0.4) is 0 Å². The second kappa shape index (κ2) is 6.27. The van der Waals surface area contributed by atoms with Crippen LogP contribution in [0.2, 0.25) is 0 Å². The molecule has 0 radical (unpaired) electrons. The number of nitrogens with two attached hydrogens (primary N) is 1. The largest absolute Gasteiger partial charge is 0.382 e. The molecule has 0 aliphatic heterocycles. The second-order valence-electron chi connectivity index (χ2n) is 3.83. The van der Waals surface area contributed by atoms with Crippen molar-refractivity contribution in [3.8, 4) is 0 Å². The number of aromatic nitrogens is 4. The van der Waals surface area contributed by atoms with Gasteiger partial charge in [-0.1, -0.05) is 0 Å². The van der Waals surface area contributed by atoms with Gasteiger partial charge in [0, 0.05) is 20.3 Å². The highest BCUT2D eigenvalue weighted by Gasteiger charge is 2.06. The fraction of sp³-hybridized carbons (Fsp3) is 0.545. The van der Waals surface area contributed by atoms with Crippen LogP contribution < -0.4 is 5.73 Å². The van der Waals surface area contributed by atoms with Crippen molar-refractivity contribution in [1.29, 1.82) is 0 Å². The molecule has 2 heterocycles. The molecule has 7 heteroatoms. The lowest BCUT2D eigenvalue weighted by molar-refractivity contribution is 0.0681. The summed E-state index contributed by atoms with van der Waals surface area (Å²) in [6, 6.07) is 0. The zero-order chi connectivity index (χ0) is 12.8. The molecule has 0 fully saturated rings. The number of fused-ring (bicyclic) bond motifs is 1. The summed E-state index contributed by atoms with van der Waals surface area (Å²) < 4.78 is 12.2. The normalized spacial score (nSPS) is 11.2. The zero-order valence-electron chi connectivity index (χ0n) is 10.4. The van der Waals surface area contributed by atoms with Crippen LogP contribution in [0, 0.1) is 0 Å². The molecule has 0 unspecified atom stereocenters. The minimum atomic E-state index is 0.412. The molecule has 2 rings (SSSR count). The maximum Gasteiger partial charge on any atom is 0.165 e. The number of rotatable bonds is 7. The van der Waals surface area contributed by atoms with Crippen LogP contribution in [0.5, 0.6) is 0 Å². The van der Waals surface area contributed by atoms with Gasteiger partial charge in [-0.05, 0) is 6.42 Å². The van der Waals surface area contributed by atoms with Gasteiger partial charge in [-0.25, -0.2) is 15.0 Å². The summed E-state index contributed by atoms with van der Waals surface area (Å²) in [7, 11) is 1.66. The average Bonchev–Trinajstić information content (AvgIpc) is 2.79. The molecule has 0 atom stereocenters. The number of methoxy groups -OCH3 is 1. The molecule has 18 heavy (non-hydrogen) atoms. The topological polar surface area (TPSA) is 88.1 Å². The minimum Gasteiger partial charge on any atom is -0.382 e. The first-order valence-corrected chi connectivity index (χ1v) is 5.81. The summed E-state index contributed by atoms with van der Waals surface area (Å²) in [5.41, 5.74) is 7.13. The molecule has 0 saturated carbocycles. The van der Waals surface area contributed by atoms with Crippen LogP contribution in [-0.4, -0.2) is 46.4 Å². The first kappa shape index (κ1) is 12.7. The Morgan fingerprint density at radius 2 is 2.11 bits per heavy atom. The minimum absolute atomic E-state index is 0.412. The number of anilines is 1. The van der Waals surface area contributed by atoms with Gasteiger partial charge in [0.25, 0.3) is 0 Å². The second-order valence-corrected chi connectivity index (χ2v) is 3.83. The Bertz CT molecular complexity index is 499. The van der Waals surface area contributed by atoms with E-state index in [1.54, 1.807) is 13.4 Å². The number of nitrogen functional groups attached to an aromatic ring is 1. The highest BCUT2D eigenvalue weighted by molar-refractivity contribution is 5.80. The molecular weight excluding hydrogens is 234 g/mol. The fourth-order valence-corrected chi connectivity index (χ4v) is 1.64. The molecule has 0 amide bonds. The van der Waals surface area contributed by atoms with E-state index in [4.69, 9.17) is 15.2 Å². The van der Waals surface area contributed by atoms with Crippen molar-refractivity contribution in [2.75, 3.05) is 32.7 Å². The van der Waals surface area contributed by atoms with Crippen molar-refractivity contribution in [3.05, 3.63) is 12.7 Å². The van der Waals surface area contributed by atoms with Crippen molar-refractivity contribution in [2.24, 2.45) is 0 Å². The lowest BCUT2D eigenvalue weighted by Crippen LogP contribution is -2.06. The molecule has 0 aromatic carbocycles. The Morgan fingerprint density at radius 3 is 2.94 bits per heavy atom. The molecule has 98 valence electrons. The van der Waals surface area contributed by atoms with E-state index in [0.717, 1.165) is 18.6 Å². The Morgan fingerprint density at radius 1 is 1.22 bits per heavy atom. The van der Waals surface area contributed by atoms with Crippen LogP contribution >= 0.6 is 0 Å². The third kappa shape index (κ3) is 2.93. The first-order valence-electron chi connectivity index (χ1n) is 5.81. The van der Waals surface area contributed by atoms with Crippen LogP contribution in [0.4, 0.5) is 5.82 Å². The molecule has 2 aromatic rings. The Labute approximate surface area is 105 Å². The predicted molar refractivity (Wildman–Crippen MR) is 67.0 cm³/mol. The van der Waals surface area contributed by atoms with Crippen molar-refractivity contribution < 1.29 is 9.47 Å². The van der Waals surface area contributed by atoms with E-state index >= 15 is 0 Å². The monoisotopic (exact) mass is 251 g/mol. The molecule has 2 aromatic heterocycles. The molecule has 0 saturated heterocycles. The highest BCUT2D eigenvalue weighted by atomic mass is 16.5. The summed E-state index contributed by atoms with van der Waals surface area (Å²) in [5.74, 6) is 0.412. The lowest BCUT2D eigenvalue weighted by atomic mass is 10.4. The number of imidazole rings is 1. The van der Waals surface area contributed by atoms with Gasteiger partial charge in [-0.15, -0.1) is 0 Å². The van der Waals surface area contributed by atoms with Gasteiger partial charge in [0.15, 0.2) is 11.5 Å². The van der Waals surface area contributed by atoms with E-state index in [9.17, 15) is 0 Å².